The van der Waals surface area contributed by atoms with E-state index in [0.717, 1.165) is 6.61 Å². The van der Waals surface area contributed by atoms with Crippen LogP contribution in [0.15, 0.2) is 11.6 Å². The molecular formula is C11H16O. The first kappa shape index (κ1) is 9.35. The van der Waals surface area contributed by atoms with Crippen molar-refractivity contribution in [2.45, 2.75) is 32.6 Å². The highest BCUT2D eigenvalue weighted by atomic mass is 16.5. The molecule has 0 N–H and O–H groups in total. The van der Waals surface area contributed by atoms with Crippen LogP contribution in [0.4, 0.5) is 0 Å². The minimum Gasteiger partial charge on any atom is -0.369 e. The molecule has 12 heavy (non-hydrogen) atoms. The SMILES string of the molecule is CCOCC#CC1=CCCCC1. The molecule has 1 aliphatic carbocycles. The topological polar surface area (TPSA) is 9.23 Å². The fraction of sp³-hybridized carbons (Fsp3) is 0.636. The minimum atomic E-state index is 0.577. The Kier molecular flexibility index (Phi) is 4.56. The van der Waals surface area contributed by atoms with Crippen molar-refractivity contribution < 1.29 is 4.74 Å². The van der Waals surface area contributed by atoms with E-state index >= 15 is 0 Å². The van der Waals surface area contributed by atoms with E-state index < -0.39 is 0 Å². The van der Waals surface area contributed by atoms with Gasteiger partial charge in [-0.25, -0.2) is 0 Å². The highest BCUT2D eigenvalue weighted by Gasteiger charge is 1.98. The van der Waals surface area contributed by atoms with Gasteiger partial charge in [0.05, 0.1) is 0 Å². The van der Waals surface area contributed by atoms with Gasteiger partial charge in [0.15, 0.2) is 0 Å². The van der Waals surface area contributed by atoms with Crippen LogP contribution in [0.1, 0.15) is 32.6 Å². The molecule has 0 saturated heterocycles. The van der Waals surface area contributed by atoms with Crippen molar-refractivity contribution >= 4 is 0 Å². The lowest BCUT2D eigenvalue weighted by atomic mass is 10.0. The minimum absolute atomic E-state index is 0.577. The molecule has 1 aliphatic rings. The van der Waals surface area contributed by atoms with E-state index in [-0.39, 0.29) is 0 Å². The molecule has 1 heteroatoms. The van der Waals surface area contributed by atoms with Gasteiger partial charge in [0.25, 0.3) is 0 Å². The van der Waals surface area contributed by atoms with Gasteiger partial charge in [-0.15, -0.1) is 0 Å². The predicted octanol–water partition coefficient (Wildman–Crippen LogP) is 2.53. The summed E-state index contributed by atoms with van der Waals surface area (Å²) in [5.41, 5.74) is 1.31. The number of ether oxygens (including phenoxy) is 1. The molecule has 0 spiro atoms. The highest BCUT2D eigenvalue weighted by molar-refractivity contribution is 5.29. The van der Waals surface area contributed by atoms with Gasteiger partial charge in [0, 0.05) is 6.61 Å². The molecular weight excluding hydrogens is 148 g/mol. The monoisotopic (exact) mass is 164 g/mol. The van der Waals surface area contributed by atoms with Crippen molar-refractivity contribution in [3.8, 4) is 11.8 Å². The van der Waals surface area contributed by atoms with Crippen molar-refractivity contribution in [3.05, 3.63) is 11.6 Å². The summed E-state index contributed by atoms with van der Waals surface area (Å²) < 4.78 is 5.12. The zero-order chi connectivity index (χ0) is 8.65. The van der Waals surface area contributed by atoms with Crippen LogP contribution in [-0.2, 0) is 4.74 Å². The molecule has 0 fully saturated rings. The van der Waals surface area contributed by atoms with Crippen LogP contribution in [0.3, 0.4) is 0 Å². The molecule has 0 aromatic carbocycles. The maximum absolute atomic E-state index is 5.12. The molecule has 1 nitrogen and oxygen atoms in total. The predicted molar refractivity (Wildman–Crippen MR) is 50.8 cm³/mol. The van der Waals surface area contributed by atoms with Crippen molar-refractivity contribution in [1.82, 2.24) is 0 Å². The van der Waals surface area contributed by atoms with Crippen LogP contribution in [0.2, 0.25) is 0 Å². The third-order valence-electron chi connectivity index (χ3n) is 1.92. The van der Waals surface area contributed by atoms with Gasteiger partial charge in [-0.1, -0.05) is 17.9 Å². The van der Waals surface area contributed by atoms with Crippen LogP contribution in [0.5, 0.6) is 0 Å². The van der Waals surface area contributed by atoms with E-state index in [4.69, 9.17) is 4.74 Å². The van der Waals surface area contributed by atoms with E-state index in [0.29, 0.717) is 6.61 Å². The molecule has 66 valence electrons. The lowest BCUT2D eigenvalue weighted by molar-refractivity contribution is 0.182. The number of allylic oxidation sites excluding steroid dienone is 2. The lowest BCUT2D eigenvalue weighted by Crippen LogP contribution is -1.91. The van der Waals surface area contributed by atoms with Crippen molar-refractivity contribution in [2.75, 3.05) is 13.2 Å². The number of rotatable bonds is 2. The Morgan fingerprint density at radius 2 is 2.42 bits per heavy atom. The smallest absolute Gasteiger partial charge is 0.108 e. The zero-order valence-corrected chi connectivity index (χ0v) is 7.73. The first-order valence-electron chi connectivity index (χ1n) is 4.69. The Bertz CT molecular complexity index is 205. The first-order chi connectivity index (χ1) is 5.93. The average Bonchev–Trinajstić information content (AvgIpc) is 2.14. The molecule has 0 aliphatic heterocycles. The molecule has 1 rings (SSSR count). The second-order valence-electron chi connectivity index (χ2n) is 2.91. The summed E-state index contributed by atoms with van der Waals surface area (Å²) in [7, 11) is 0. The zero-order valence-electron chi connectivity index (χ0n) is 7.73. The maximum atomic E-state index is 5.12. The van der Waals surface area contributed by atoms with E-state index in [1.165, 1.54) is 31.3 Å². The summed E-state index contributed by atoms with van der Waals surface area (Å²) in [5.74, 6) is 6.16. The van der Waals surface area contributed by atoms with E-state index in [1.807, 2.05) is 6.92 Å². The molecule has 0 aromatic heterocycles. The largest absolute Gasteiger partial charge is 0.369 e. The Morgan fingerprint density at radius 1 is 1.50 bits per heavy atom. The van der Waals surface area contributed by atoms with Crippen LogP contribution in [0.25, 0.3) is 0 Å². The Morgan fingerprint density at radius 3 is 3.08 bits per heavy atom. The first-order valence-corrected chi connectivity index (χ1v) is 4.69. The Balaban J connectivity index is 2.26. The van der Waals surface area contributed by atoms with Crippen molar-refractivity contribution in [3.63, 3.8) is 0 Å². The normalized spacial score (nSPS) is 16.2. The van der Waals surface area contributed by atoms with Crippen LogP contribution < -0.4 is 0 Å². The summed E-state index contributed by atoms with van der Waals surface area (Å²) >= 11 is 0. The molecule has 0 unspecified atom stereocenters. The van der Waals surface area contributed by atoms with Gasteiger partial charge in [0.1, 0.15) is 6.61 Å². The second kappa shape index (κ2) is 5.85. The van der Waals surface area contributed by atoms with E-state index in [9.17, 15) is 0 Å². The fourth-order valence-corrected chi connectivity index (χ4v) is 1.25. The highest BCUT2D eigenvalue weighted by Crippen LogP contribution is 2.15. The third kappa shape index (κ3) is 3.59. The molecule has 0 amide bonds. The quantitative estimate of drug-likeness (QED) is 0.450. The average molecular weight is 164 g/mol. The summed E-state index contributed by atoms with van der Waals surface area (Å²) in [5, 5.41) is 0. The second-order valence-corrected chi connectivity index (χ2v) is 2.91. The van der Waals surface area contributed by atoms with Gasteiger partial charge in [-0.2, -0.15) is 0 Å². The van der Waals surface area contributed by atoms with Crippen LogP contribution in [0, 0.1) is 11.8 Å². The fourth-order valence-electron chi connectivity index (χ4n) is 1.25. The van der Waals surface area contributed by atoms with E-state index in [2.05, 4.69) is 17.9 Å². The van der Waals surface area contributed by atoms with Crippen molar-refractivity contribution in [1.29, 1.82) is 0 Å². The number of hydrogen-bond acceptors (Lipinski definition) is 1. The maximum Gasteiger partial charge on any atom is 0.108 e. The summed E-state index contributed by atoms with van der Waals surface area (Å²) in [6.45, 7) is 3.32. The third-order valence-corrected chi connectivity index (χ3v) is 1.92. The van der Waals surface area contributed by atoms with Gasteiger partial charge in [-0.3, -0.25) is 0 Å². The van der Waals surface area contributed by atoms with Gasteiger partial charge >= 0.3 is 0 Å². The van der Waals surface area contributed by atoms with Crippen LogP contribution >= 0.6 is 0 Å². The Labute approximate surface area is 74.8 Å². The summed E-state index contributed by atoms with van der Waals surface area (Å²) in [6.07, 6.45) is 7.26. The Hall–Kier alpha value is -0.740. The molecule has 0 aromatic rings. The summed E-state index contributed by atoms with van der Waals surface area (Å²) in [4.78, 5) is 0. The van der Waals surface area contributed by atoms with Crippen molar-refractivity contribution in [2.24, 2.45) is 0 Å². The van der Waals surface area contributed by atoms with Gasteiger partial charge < -0.3 is 4.74 Å². The van der Waals surface area contributed by atoms with Gasteiger partial charge in [-0.05, 0) is 38.2 Å². The summed E-state index contributed by atoms with van der Waals surface area (Å²) in [6, 6.07) is 0. The standard InChI is InChI=1S/C11H16O/c1-2-12-10-6-9-11-7-4-3-5-8-11/h7H,2-5,8,10H2,1H3. The molecule has 0 bridgehead atoms. The molecule has 0 radical (unpaired) electrons. The molecule has 0 saturated carbocycles. The number of hydrogen-bond donors (Lipinski definition) is 0. The van der Waals surface area contributed by atoms with Crippen LogP contribution in [-0.4, -0.2) is 13.2 Å². The van der Waals surface area contributed by atoms with Gasteiger partial charge in [0.2, 0.25) is 0 Å². The van der Waals surface area contributed by atoms with E-state index in [1.54, 1.807) is 0 Å². The molecule has 0 atom stereocenters. The molecule has 0 heterocycles. The lowest BCUT2D eigenvalue weighted by Gasteiger charge is -2.05.